The van der Waals surface area contributed by atoms with E-state index in [1.54, 1.807) is 55.5 Å². The first-order chi connectivity index (χ1) is 15.6. The number of carbonyl (C=O) groups excluding carboxylic acids is 1. The fourth-order valence-corrected chi connectivity index (χ4v) is 4.90. The summed E-state index contributed by atoms with van der Waals surface area (Å²) in [4.78, 5) is 17.2. The Bertz CT molecular complexity index is 1060. The molecule has 1 amide bonds. The number of likely N-dealkylation sites (N-methyl/N-ethyl adjacent to an activating group) is 2. The predicted molar refractivity (Wildman–Crippen MR) is 128 cm³/mol. The summed E-state index contributed by atoms with van der Waals surface area (Å²) >= 11 is 0. The molecule has 0 bridgehead atoms. The van der Waals surface area contributed by atoms with Crippen molar-refractivity contribution >= 4 is 21.6 Å². The maximum atomic E-state index is 13.2. The number of methoxy groups -OCH3 is 1. The van der Waals surface area contributed by atoms with Crippen LogP contribution in [0, 0.1) is 5.92 Å². The number of ether oxygens (including phenoxy) is 2. The lowest BCUT2D eigenvalue weighted by atomic mass is 10.0. The Hall–Kier alpha value is -2.62. The zero-order valence-corrected chi connectivity index (χ0v) is 20.6. The summed E-state index contributed by atoms with van der Waals surface area (Å²) < 4.78 is 39.8. The van der Waals surface area contributed by atoms with Crippen molar-refractivity contribution in [1.82, 2.24) is 9.80 Å². The lowest BCUT2D eigenvalue weighted by molar-refractivity contribution is 0.0150. The molecule has 0 saturated heterocycles. The summed E-state index contributed by atoms with van der Waals surface area (Å²) in [5.41, 5.74) is 0.697. The third kappa shape index (κ3) is 6.04. The van der Waals surface area contributed by atoms with Crippen LogP contribution in [0.2, 0.25) is 0 Å². The number of carbonyl (C=O) groups is 1. The number of benzene rings is 2. The number of anilines is 1. The molecular weight excluding hydrogens is 442 g/mol. The Morgan fingerprint density at radius 1 is 1.06 bits per heavy atom. The molecule has 0 saturated carbocycles. The highest BCUT2D eigenvalue weighted by Gasteiger charge is 2.27. The van der Waals surface area contributed by atoms with Gasteiger partial charge in [-0.2, -0.15) is 0 Å². The maximum absolute atomic E-state index is 13.2. The molecule has 1 aliphatic heterocycles. The van der Waals surface area contributed by atoms with E-state index in [9.17, 15) is 13.2 Å². The third-order valence-electron chi connectivity index (χ3n) is 6.06. The van der Waals surface area contributed by atoms with Crippen LogP contribution < -0.4 is 9.46 Å². The summed E-state index contributed by atoms with van der Waals surface area (Å²) in [6, 6.07) is 12.9. The van der Waals surface area contributed by atoms with E-state index in [1.807, 2.05) is 7.05 Å². The first-order valence-electron chi connectivity index (χ1n) is 11.0. The van der Waals surface area contributed by atoms with Crippen molar-refractivity contribution in [2.24, 2.45) is 5.92 Å². The molecule has 1 aliphatic rings. The average Bonchev–Trinajstić information content (AvgIpc) is 2.80. The number of nitrogens with one attached hydrogen (secondary N) is 1. The molecule has 0 fully saturated rings. The van der Waals surface area contributed by atoms with Crippen molar-refractivity contribution in [3.8, 4) is 5.75 Å². The van der Waals surface area contributed by atoms with Gasteiger partial charge in [-0.3, -0.25) is 14.4 Å². The van der Waals surface area contributed by atoms with Gasteiger partial charge in [0.15, 0.2) is 0 Å². The quantitative estimate of drug-likeness (QED) is 0.732. The van der Waals surface area contributed by atoms with E-state index < -0.39 is 10.0 Å². The zero-order valence-electron chi connectivity index (χ0n) is 19.8. The molecule has 0 aliphatic carbocycles. The standard InChI is InChI=1S/C24H33N3O5S/c1-17-14-26(3)18(2)16-32-22-13-19(25-33(29,30)20-9-7-6-8-10-20)11-12-21(22)24(28)27(4)15-23(17)31-5/h6-13,17-18,23,25H,14-16H2,1-5H3/t17-,18-,23-/m0/s1. The highest BCUT2D eigenvalue weighted by Crippen LogP contribution is 2.28. The van der Waals surface area contributed by atoms with Crippen LogP contribution in [0.25, 0.3) is 0 Å². The molecule has 180 valence electrons. The minimum atomic E-state index is -3.77. The van der Waals surface area contributed by atoms with Gasteiger partial charge in [0, 0.05) is 39.4 Å². The van der Waals surface area contributed by atoms with Crippen LogP contribution in [-0.4, -0.2) is 77.2 Å². The minimum absolute atomic E-state index is 0.0785. The van der Waals surface area contributed by atoms with Crippen LogP contribution >= 0.6 is 0 Å². The first kappa shape index (κ1) is 25.0. The molecule has 0 unspecified atom stereocenters. The second-order valence-electron chi connectivity index (χ2n) is 8.67. The van der Waals surface area contributed by atoms with E-state index in [4.69, 9.17) is 9.47 Å². The fraction of sp³-hybridized carbons (Fsp3) is 0.458. The van der Waals surface area contributed by atoms with E-state index in [1.165, 1.54) is 12.1 Å². The number of rotatable bonds is 4. The van der Waals surface area contributed by atoms with Gasteiger partial charge >= 0.3 is 0 Å². The number of hydrogen-bond acceptors (Lipinski definition) is 6. The van der Waals surface area contributed by atoms with Gasteiger partial charge in [0.05, 0.1) is 22.3 Å². The van der Waals surface area contributed by atoms with Crippen LogP contribution in [0.5, 0.6) is 5.75 Å². The van der Waals surface area contributed by atoms with Crippen LogP contribution in [-0.2, 0) is 14.8 Å². The molecule has 8 nitrogen and oxygen atoms in total. The van der Waals surface area contributed by atoms with Crippen LogP contribution in [0.1, 0.15) is 24.2 Å². The predicted octanol–water partition coefficient (Wildman–Crippen LogP) is 2.92. The Balaban J connectivity index is 1.94. The van der Waals surface area contributed by atoms with Gasteiger partial charge in [0.1, 0.15) is 12.4 Å². The van der Waals surface area contributed by atoms with Crippen molar-refractivity contribution in [2.45, 2.75) is 30.9 Å². The van der Waals surface area contributed by atoms with E-state index in [2.05, 4.69) is 23.5 Å². The topological polar surface area (TPSA) is 88.2 Å². The third-order valence-corrected chi connectivity index (χ3v) is 7.46. The van der Waals surface area contributed by atoms with E-state index in [-0.39, 0.29) is 28.9 Å². The van der Waals surface area contributed by atoms with Crippen molar-refractivity contribution < 1.29 is 22.7 Å². The molecule has 9 heteroatoms. The van der Waals surface area contributed by atoms with Crippen molar-refractivity contribution in [3.63, 3.8) is 0 Å². The normalized spacial score (nSPS) is 23.1. The summed E-state index contributed by atoms with van der Waals surface area (Å²) in [5.74, 6) is 0.340. The molecule has 0 spiro atoms. The zero-order chi connectivity index (χ0) is 24.2. The van der Waals surface area contributed by atoms with Gasteiger partial charge in [-0.1, -0.05) is 25.1 Å². The Kier molecular flexibility index (Phi) is 7.99. The van der Waals surface area contributed by atoms with Crippen LogP contribution in [0.4, 0.5) is 5.69 Å². The monoisotopic (exact) mass is 475 g/mol. The largest absolute Gasteiger partial charge is 0.491 e. The van der Waals surface area contributed by atoms with Gasteiger partial charge < -0.3 is 14.4 Å². The summed E-state index contributed by atoms with van der Waals surface area (Å²) in [6.07, 6.45) is -0.116. The first-order valence-corrected chi connectivity index (χ1v) is 12.4. The van der Waals surface area contributed by atoms with Crippen LogP contribution in [0.15, 0.2) is 53.4 Å². The number of amides is 1. The summed E-state index contributed by atoms with van der Waals surface area (Å²) in [5, 5.41) is 0. The lowest BCUT2D eigenvalue weighted by Crippen LogP contribution is -2.45. The van der Waals surface area contributed by atoms with Crippen LogP contribution in [0.3, 0.4) is 0 Å². The van der Waals surface area contributed by atoms with Gasteiger partial charge in [0.2, 0.25) is 0 Å². The SMILES string of the molecule is CO[C@H]1CN(C)C(=O)c2ccc(NS(=O)(=O)c3ccccc3)cc2OC[C@H](C)N(C)C[C@@H]1C. The highest BCUT2D eigenvalue weighted by atomic mass is 32.2. The number of fused-ring (bicyclic) bond motifs is 1. The number of sulfonamides is 1. The lowest BCUT2D eigenvalue weighted by Gasteiger charge is -2.34. The van der Waals surface area contributed by atoms with E-state index >= 15 is 0 Å². The van der Waals surface area contributed by atoms with E-state index in [0.29, 0.717) is 30.2 Å². The Morgan fingerprint density at radius 3 is 2.42 bits per heavy atom. The average molecular weight is 476 g/mol. The van der Waals surface area contributed by atoms with Gasteiger partial charge in [0.25, 0.3) is 15.9 Å². The van der Waals surface area contributed by atoms with Crippen molar-refractivity contribution in [3.05, 3.63) is 54.1 Å². The maximum Gasteiger partial charge on any atom is 0.261 e. The molecular formula is C24H33N3O5S. The number of nitrogens with zero attached hydrogens (tertiary/aromatic N) is 2. The fourth-order valence-electron chi connectivity index (χ4n) is 3.83. The molecule has 3 atom stereocenters. The van der Waals surface area contributed by atoms with Crippen molar-refractivity contribution in [1.29, 1.82) is 0 Å². The molecule has 2 aromatic rings. The van der Waals surface area contributed by atoms with Gasteiger partial charge in [-0.25, -0.2) is 8.42 Å². The molecule has 1 heterocycles. The Labute approximate surface area is 196 Å². The number of hydrogen-bond donors (Lipinski definition) is 1. The molecule has 1 N–H and O–H groups in total. The summed E-state index contributed by atoms with van der Waals surface area (Å²) in [7, 11) is 1.66. The van der Waals surface area contributed by atoms with Gasteiger partial charge in [-0.05, 0) is 44.2 Å². The molecule has 3 rings (SSSR count). The second kappa shape index (κ2) is 10.5. The summed E-state index contributed by atoms with van der Waals surface area (Å²) in [6.45, 7) is 5.73. The second-order valence-corrected chi connectivity index (χ2v) is 10.3. The smallest absolute Gasteiger partial charge is 0.261 e. The van der Waals surface area contributed by atoms with Gasteiger partial charge in [-0.15, -0.1) is 0 Å². The molecule has 0 aromatic heterocycles. The molecule has 0 radical (unpaired) electrons. The Morgan fingerprint density at radius 2 is 1.76 bits per heavy atom. The van der Waals surface area contributed by atoms with E-state index in [0.717, 1.165) is 6.54 Å². The van der Waals surface area contributed by atoms with Crippen molar-refractivity contribution in [2.75, 3.05) is 45.6 Å². The minimum Gasteiger partial charge on any atom is -0.491 e. The molecule has 33 heavy (non-hydrogen) atoms. The highest BCUT2D eigenvalue weighted by molar-refractivity contribution is 7.92. The molecule has 2 aromatic carbocycles.